The summed E-state index contributed by atoms with van der Waals surface area (Å²) in [5, 5.41) is 11.7. The van der Waals surface area contributed by atoms with Crippen LogP contribution in [-0.2, 0) is 0 Å². The number of hydrogen-bond donors (Lipinski definition) is 1. The summed E-state index contributed by atoms with van der Waals surface area (Å²) in [6.07, 6.45) is 0. The van der Waals surface area contributed by atoms with Gasteiger partial charge in [0, 0.05) is 5.39 Å². The van der Waals surface area contributed by atoms with Crippen molar-refractivity contribution >= 4 is 22.1 Å². The van der Waals surface area contributed by atoms with Gasteiger partial charge in [-0.3, -0.25) is 4.79 Å². The Labute approximate surface area is 100 Å². The van der Waals surface area contributed by atoms with Crippen molar-refractivity contribution in [2.75, 3.05) is 0 Å². The summed E-state index contributed by atoms with van der Waals surface area (Å²) >= 11 is 0. The van der Waals surface area contributed by atoms with E-state index in [2.05, 4.69) is 6.58 Å². The summed E-state index contributed by atoms with van der Waals surface area (Å²) in [7, 11) is 0. The number of fused-ring (bicyclic) bond motifs is 1. The summed E-state index contributed by atoms with van der Waals surface area (Å²) in [4.78, 5) is 11.5. The molecule has 2 nitrogen and oxygen atoms in total. The van der Waals surface area contributed by atoms with Crippen molar-refractivity contribution in [3.8, 4) is 5.75 Å². The SMILES string of the molecule is C=C(C)c1cc(C(C)=O)c(O)c2ccccc12. The number of allylic oxidation sites excluding steroid dienone is 1. The highest BCUT2D eigenvalue weighted by atomic mass is 16.3. The monoisotopic (exact) mass is 226 g/mol. The van der Waals surface area contributed by atoms with Crippen molar-refractivity contribution in [2.45, 2.75) is 13.8 Å². The molecule has 2 aromatic rings. The van der Waals surface area contributed by atoms with Gasteiger partial charge in [0.2, 0.25) is 0 Å². The molecule has 0 aliphatic heterocycles. The third kappa shape index (κ3) is 1.82. The van der Waals surface area contributed by atoms with Gasteiger partial charge in [-0.1, -0.05) is 36.4 Å². The van der Waals surface area contributed by atoms with Crippen LogP contribution in [0.5, 0.6) is 5.75 Å². The van der Waals surface area contributed by atoms with E-state index in [0.29, 0.717) is 10.9 Å². The highest BCUT2D eigenvalue weighted by Crippen LogP contribution is 2.34. The zero-order chi connectivity index (χ0) is 12.6. The van der Waals surface area contributed by atoms with Gasteiger partial charge in [-0.05, 0) is 30.9 Å². The number of hydrogen-bond acceptors (Lipinski definition) is 2. The van der Waals surface area contributed by atoms with E-state index >= 15 is 0 Å². The Morgan fingerprint density at radius 3 is 2.24 bits per heavy atom. The summed E-state index contributed by atoms with van der Waals surface area (Å²) in [5.74, 6) is -0.0890. The van der Waals surface area contributed by atoms with E-state index in [1.165, 1.54) is 6.92 Å². The van der Waals surface area contributed by atoms with E-state index in [-0.39, 0.29) is 11.5 Å². The van der Waals surface area contributed by atoms with Crippen LogP contribution in [0.4, 0.5) is 0 Å². The number of carbonyl (C=O) groups excluding carboxylic acids is 1. The first kappa shape index (κ1) is 11.4. The summed E-state index contributed by atoms with van der Waals surface area (Å²) < 4.78 is 0. The molecule has 0 unspecified atom stereocenters. The zero-order valence-electron chi connectivity index (χ0n) is 9.95. The number of ketones is 1. The summed E-state index contributed by atoms with van der Waals surface area (Å²) in [6, 6.07) is 9.19. The van der Waals surface area contributed by atoms with Crippen LogP contribution < -0.4 is 0 Å². The molecule has 0 aromatic heterocycles. The van der Waals surface area contributed by atoms with Crippen LogP contribution in [-0.4, -0.2) is 10.9 Å². The fraction of sp³-hybridized carbons (Fsp3) is 0.133. The molecule has 0 fully saturated rings. The molecule has 0 heterocycles. The van der Waals surface area contributed by atoms with Crippen LogP contribution in [0.2, 0.25) is 0 Å². The number of Topliss-reactive ketones (excluding diaryl/α,β-unsaturated/α-hetero) is 1. The predicted octanol–water partition coefficient (Wildman–Crippen LogP) is 3.78. The minimum atomic E-state index is -0.143. The maximum Gasteiger partial charge on any atom is 0.163 e. The molecule has 0 aliphatic carbocycles. The van der Waals surface area contributed by atoms with Gasteiger partial charge in [-0.2, -0.15) is 0 Å². The van der Waals surface area contributed by atoms with Crippen LogP contribution >= 0.6 is 0 Å². The van der Waals surface area contributed by atoms with E-state index in [1.54, 1.807) is 6.07 Å². The van der Waals surface area contributed by atoms with Crippen molar-refractivity contribution in [1.82, 2.24) is 0 Å². The first-order chi connectivity index (χ1) is 8.02. The number of rotatable bonds is 2. The molecule has 0 amide bonds. The molecule has 2 aromatic carbocycles. The van der Waals surface area contributed by atoms with Gasteiger partial charge in [0.15, 0.2) is 5.78 Å². The molecular formula is C15H14O2. The Morgan fingerprint density at radius 2 is 1.71 bits per heavy atom. The quantitative estimate of drug-likeness (QED) is 0.791. The Morgan fingerprint density at radius 1 is 1.12 bits per heavy atom. The average molecular weight is 226 g/mol. The molecule has 0 saturated carbocycles. The van der Waals surface area contributed by atoms with Crippen LogP contribution in [0, 0.1) is 0 Å². The Balaban J connectivity index is 2.94. The fourth-order valence-corrected chi connectivity index (χ4v) is 1.98. The number of phenols is 1. The number of carbonyl (C=O) groups is 1. The minimum Gasteiger partial charge on any atom is -0.507 e. The van der Waals surface area contributed by atoms with Crippen molar-refractivity contribution in [3.05, 3.63) is 48.0 Å². The van der Waals surface area contributed by atoms with Crippen molar-refractivity contribution in [3.63, 3.8) is 0 Å². The lowest BCUT2D eigenvalue weighted by molar-refractivity contribution is 0.101. The number of benzene rings is 2. The highest BCUT2D eigenvalue weighted by molar-refractivity contribution is 6.07. The average Bonchev–Trinajstić information content (AvgIpc) is 2.29. The van der Waals surface area contributed by atoms with Gasteiger partial charge in [-0.25, -0.2) is 0 Å². The lowest BCUT2D eigenvalue weighted by atomic mass is 9.94. The molecule has 1 N–H and O–H groups in total. The van der Waals surface area contributed by atoms with E-state index in [4.69, 9.17) is 0 Å². The van der Waals surface area contributed by atoms with Crippen LogP contribution in [0.25, 0.3) is 16.3 Å². The standard InChI is InChI=1S/C15H14O2/c1-9(2)13-8-14(10(3)16)15(17)12-7-5-4-6-11(12)13/h4-8,17H,1H2,2-3H3. The normalized spacial score (nSPS) is 10.5. The predicted molar refractivity (Wildman–Crippen MR) is 70.3 cm³/mol. The summed E-state index contributed by atoms with van der Waals surface area (Å²) in [5.41, 5.74) is 2.13. The molecule has 0 atom stereocenters. The van der Waals surface area contributed by atoms with Gasteiger partial charge in [0.1, 0.15) is 5.75 Å². The number of aromatic hydroxyl groups is 1. The topological polar surface area (TPSA) is 37.3 Å². The first-order valence-electron chi connectivity index (χ1n) is 5.44. The third-order valence-electron chi connectivity index (χ3n) is 2.86. The first-order valence-corrected chi connectivity index (χ1v) is 5.44. The Bertz CT molecular complexity index is 624. The molecule has 0 aliphatic rings. The Kier molecular flexibility index (Phi) is 2.72. The minimum absolute atomic E-state index is 0.0538. The molecule has 17 heavy (non-hydrogen) atoms. The fourth-order valence-electron chi connectivity index (χ4n) is 1.98. The molecule has 0 radical (unpaired) electrons. The molecule has 0 bridgehead atoms. The third-order valence-corrected chi connectivity index (χ3v) is 2.86. The maximum atomic E-state index is 11.5. The van der Waals surface area contributed by atoms with Gasteiger partial charge in [0.25, 0.3) is 0 Å². The molecule has 2 heteroatoms. The molecule has 86 valence electrons. The number of phenolic OH excluding ortho intramolecular Hbond substituents is 1. The van der Waals surface area contributed by atoms with Gasteiger partial charge in [0.05, 0.1) is 5.56 Å². The zero-order valence-corrected chi connectivity index (χ0v) is 9.95. The molecular weight excluding hydrogens is 212 g/mol. The van der Waals surface area contributed by atoms with Gasteiger partial charge in [-0.15, -0.1) is 0 Å². The largest absolute Gasteiger partial charge is 0.507 e. The van der Waals surface area contributed by atoms with Crippen LogP contribution in [0.1, 0.15) is 29.8 Å². The second-order valence-electron chi connectivity index (χ2n) is 4.20. The van der Waals surface area contributed by atoms with E-state index < -0.39 is 0 Å². The maximum absolute atomic E-state index is 11.5. The van der Waals surface area contributed by atoms with Crippen LogP contribution in [0.3, 0.4) is 0 Å². The highest BCUT2D eigenvalue weighted by Gasteiger charge is 2.14. The van der Waals surface area contributed by atoms with E-state index in [0.717, 1.165) is 16.5 Å². The summed E-state index contributed by atoms with van der Waals surface area (Å²) in [6.45, 7) is 7.25. The lowest BCUT2D eigenvalue weighted by Gasteiger charge is -2.11. The van der Waals surface area contributed by atoms with Crippen LogP contribution in [0.15, 0.2) is 36.9 Å². The Hall–Kier alpha value is -2.09. The van der Waals surface area contributed by atoms with Gasteiger partial charge < -0.3 is 5.11 Å². The smallest absolute Gasteiger partial charge is 0.163 e. The lowest BCUT2D eigenvalue weighted by Crippen LogP contribution is -1.96. The van der Waals surface area contributed by atoms with Gasteiger partial charge >= 0.3 is 0 Å². The van der Waals surface area contributed by atoms with E-state index in [1.807, 2.05) is 31.2 Å². The van der Waals surface area contributed by atoms with Crippen molar-refractivity contribution in [2.24, 2.45) is 0 Å². The second-order valence-corrected chi connectivity index (χ2v) is 4.20. The molecule has 0 spiro atoms. The molecule has 2 rings (SSSR count). The van der Waals surface area contributed by atoms with Crippen molar-refractivity contribution < 1.29 is 9.90 Å². The molecule has 0 saturated heterocycles. The van der Waals surface area contributed by atoms with E-state index in [9.17, 15) is 9.90 Å². The van der Waals surface area contributed by atoms with Crippen molar-refractivity contribution in [1.29, 1.82) is 0 Å². The second kappa shape index (κ2) is 4.06.